The molecule has 23 heavy (non-hydrogen) atoms. The Morgan fingerprint density at radius 3 is 2.57 bits per heavy atom. The number of amides is 1. The maximum Gasteiger partial charge on any atom is 0.284 e. The molecule has 0 saturated carbocycles. The van der Waals surface area contributed by atoms with Crippen LogP contribution in [0.25, 0.3) is 4.96 Å². The van der Waals surface area contributed by atoms with E-state index in [1.807, 2.05) is 6.92 Å². The lowest BCUT2D eigenvalue weighted by Gasteiger charge is -2.34. The fourth-order valence-electron chi connectivity index (χ4n) is 2.50. The summed E-state index contributed by atoms with van der Waals surface area (Å²) in [5, 5.41) is 12.7. The van der Waals surface area contributed by atoms with Crippen molar-refractivity contribution in [1.29, 1.82) is 0 Å². The lowest BCUT2D eigenvalue weighted by Crippen LogP contribution is -2.49. The minimum absolute atomic E-state index is 0.0615. The number of hydrogen-bond donors (Lipinski definition) is 0. The Labute approximate surface area is 135 Å². The first kappa shape index (κ1) is 14.0. The van der Waals surface area contributed by atoms with Crippen molar-refractivity contribution >= 4 is 28.2 Å². The second-order valence-corrected chi connectivity index (χ2v) is 6.13. The minimum atomic E-state index is -0.0615. The predicted octanol–water partition coefficient (Wildman–Crippen LogP) is 0.247. The Balaban J connectivity index is 1.46. The van der Waals surface area contributed by atoms with E-state index in [9.17, 15) is 4.79 Å². The number of aromatic nitrogens is 6. The molecular weight excluding hydrogens is 316 g/mol. The third-order valence-electron chi connectivity index (χ3n) is 3.73. The molecule has 0 atom stereocenters. The number of carbonyl (C=O) groups is 1. The van der Waals surface area contributed by atoms with E-state index >= 15 is 0 Å². The van der Waals surface area contributed by atoms with Gasteiger partial charge in [-0.3, -0.25) is 4.79 Å². The van der Waals surface area contributed by atoms with Crippen LogP contribution in [0.5, 0.6) is 0 Å². The van der Waals surface area contributed by atoms with Gasteiger partial charge in [-0.1, -0.05) is 11.3 Å². The molecule has 3 aromatic heterocycles. The first-order valence-electron chi connectivity index (χ1n) is 7.22. The van der Waals surface area contributed by atoms with E-state index in [0.29, 0.717) is 47.9 Å². The largest absolute Gasteiger partial charge is 0.337 e. The molecule has 10 heteroatoms. The first-order chi connectivity index (χ1) is 11.2. The highest BCUT2D eigenvalue weighted by Gasteiger charge is 2.26. The molecule has 0 bridgehead atoms. The van der Waals surface area contributed by atoms with Gasteiger partial charge >= 0.3 is 0 Å². The van der Waals surface area contributed by atoms with Crippen LogP contribution in [0.15, 0.2) is 18.5 Å². The molecule has 1 saturated heterocycles. The molecule has 0 N–H and O–H groups in total. The summed E-state index contributed by atoms with van der Waals surface area (Å²) in [6, 6.07) is 1.79. The maximum absolute atomic E-state index is 12.6. The van der Waals surface area contributed by atoms with E-state index < -0.39 is 0 Å². The lowest BCUT2D eigenvalue weighted by molar-refractivity contribution is 0.0744. The highest BCUT2D eigenvalue weighted by molar-refractivity contribution is 7.18. The molecule has 9 nitrogen and oxygen atoms in total. The second-order valence-electron chi connectivity index (χ2n) is 5.18. The van der Waals surface area contributed by atoms with Gasteiger partial charge in [-0.05, 0) is 13.0 Å². The van der Waals surface area contributed by atoms with Crippen LogP contribution in [0, 0.1) is 6.92 Å². The van der Waals surface area contributed by atoms with Gasteiger partial charge in [0.05, 0.1) is 0 Å². The Morgan fingerprint density at radius 1 is 1.13 bits per heavy atom. The number of nitrogens with zero attached hydrogens (tertiary/aromatic N) is 8. The summed E-state index contributed by atoms with van der Waals surface area (Å²) in [4.78, 5) is 25.6. The molecule has 0 aliphatic carbocycles. The molecule has 1 amide bonds. The molecule has 0 spiro atoms. The van der Waals surface area contributed by atoms with E-state index in [-0.39, 0.29) is 5.91 Å². The highest BCUT2D eigenvalue weighted by atomic mass is 32.1. The SMILES string of the molecule is Cc1nnc2sc(C(=O)N3CCN(c4ncccn4)CC3)nn12. The molecule has 3 aromatic rings. The third kappa shape index (κ3) is 2.50. The predicted molar refractivity (Wildman–Crippen MR) is 83.5 cm³/mol. The van der Waals surface area contributed by atoms with Crippen molar-refractivity contribution in [2.75, 3.05) is 31.1 Å². The number of fused-ring (bicyclic) bond motifs is 1. The molecule has 4 rings (SSSR count). The Bertz CT molecular complexity index is 836. The lowest BCUT2D eigenvalue weighted by atomic mass is 10.3. The molecular formula is C13H14N8OS. The van der Waals surface area contributed by atoms with Gasteiger partial charge in [-0.15, -0.1) is 15.3 Å². The van der Waals surface area contributed by atoms with Gasteiger partial charge in [0.25, 0.3) is 5.91 Å². The zero-order valence-corrected chi connectivity index (χ0v) is 13.3. The van der Waals surface area contributed by atoms with Crippen molar-refractivity contribution in [2.45, 2.75) is 6.92 Å². The number of anilines is 1. The summed E-state index contributed by atoms with van der Waals surface area (Å²) in [5.74, 6) is 1.32. The van der Waals surface area contributed by atoms with Gasteiger partial charge in [0.2, 0.25) is 15.9 Å². The van der Waals surface area contributed by atoms with Gasteiger partial charge in [-0.25, -0.2) is 9.97 Å². The summed E-state index contributed by atoms with van der Waals surface area (Å²) >= 11 is 1.27. The van der Waals surface area contributed by atoms with Crippen LogP contribution in [-0.4, -0.2) is 66.8 Å². The minimum Gasteiger partial charge on any atom is -0.337 e. The summed E-state index contributed by atoms with van der Waals surface area (Å²) in [6.45, 7) is 4.47. The van der Waals surface area contributed by atoms with Crippen LogP contribution in [-0.2, 0) is 0 Å². The highest BCUT2D eigenvalue weighted by Crippen LogP contribution is 2.17. The van der Waals surface area contributed by atoms with E-state index in [1.54, 1.807) is 27.9 Å². The Morgan fingerprint density at radius 2 is 1.87 bits per heavy atom. The van der Waals surface area contributed by atoms with Crippen LogP contribution in [0.1, 0.15) is 15.6 Å². The quantitative estimate of drug-likeness (QED) is 0.665. The van der Waals surface area contributed by atoms with Crippen molar-refractivity contribution in [1.82, 2.24) is 34.7 Å². The Hall–Kier alpha value is -2.62. The van der Waals surface area contributed by atoms with Crippen LogP contribution >= 0.6 is 11.3 Å². The van der Waals surface area contributed by atoms with Crippen molar-refractivity contribution in [3.8, 4) is 0 Å². The van der Waals surface area contributed by atoms with Gasteiger partial charge in [-0.2, -0.15) is 4.52 Å². The summed E-state index contributed by atoms with van der Waals surface area (Å²) in [7, 11) is 0. The monoisotopic (exact) mass is 330 g/mol. The number of piperazine rings is 1. The van der Waals surface area contributed by atoms with E-state index in [2.05, 4.69) is 30.2 Å². The smallest absolute Gasteiger partial charge is 0.284 e. The molecule has 4 heterocycles. The summed E-state index contributed by atoms with van der Waals surface area (Å²) in [5.41, 5.74) is 0. The number of rotatable bonds is 2. The fraction of sp³-hybridized carbons (Fsp3) is 0.385. The number of hydrogen-bond acceptors (Lipinski definition) is 8. The van der Waals surface area contributed by atoms with E-state index in [4.69, 9.17) is 0 Å². The van der Waals surface area contributed by atoms with Crippen LogP contribution in [0.2, 0.25) is 0 Å². The van der Waals surface area contributed by atoms with E-state index in [1.165, 1.54) is 11.3 Å². The molecule has 1 aliphatic rings. The summed E-state index contributed by atoms with van der Waals surface area (Å²) in [6.07, 6.45) is 3.45. The number of carbonyl (C=O) groups excluding carboxylic acids is 1. The zero-order valence-electron chi connectivity index (χ0n) is 12.5. The number of aryl methyl sites for hydroxylation is 1. The molecule has 118 valence electrons. The second kappa shape index (κ2) is 5.54. The van der Waals surface area contributed by atoms with Crippen molar-refractivity contribution in [3.05, 3.63) is 29.3 Å². The zero-order chi connectivity index (χ0) is 15.8. The molecule has 0 unspecified atom stereocenters. The van der Waals surface area contributed by atoms with Gasteiger partial charge in [0.15, 0.2) is 5.82 Å². The van der Waals surface area contributed by atoms with Crippen molar-refractivity contribution < 1.29 is 4.79 Å². The van der Waals surface area contributed by atoms with Crippen molar-refractivity contribution in [3.63, 3.8) is 0 Å². The summed E-state index contributed by atoms with van der Waals surface area (Å²) < 4.78 is 1.60. The van der Waals surface area contributed by atoms with Crippen LogP contribution < -0.4 is 4.90 Å². The average Bonchev–Trinajstić information content (AvgIpc) is 3.18. The molecule has 1 aliphatic heterocycles. The Kier molecular flexibility index (Phi) is 3.37. The fourth-order valence-corrected chi connectivity index (χ4v) is 3.35. The van der Waals surface area contributed by atoms with Crippen LogP contribution in [0.4, 0.5) is 5.95 Å². The molecule has 1 fully saturated rings. The van der Waals surface area contributed by atoms with Gasteiger partial charge in [0.1, 0.15) is 0 Å². The van der Waals surface area contributed by atoms with Crippen LogP contribution in [0.3, 0.4) is 0 Å². The van der Waals surface area contributed by atoms with Crippen molar-refractivity contribution in [2.24, 2.45) is 0 Å². The first-order valence-corrected chi connectivity index (χ1v) is 8.04. The van der Waals surface area contributed by atoms with E-state index in [0.717, 1.165) is 0 Å². The molecule has 0 aromatic carbocycles. The van der Waals surface area contributed by atoms with Gasteiger partial charge < -0.3 is 9.80 Å². The standard InChI is InChI=1S/C13H14N8OS/c1-9-16-17-13-21(9)18-10(23-13)11(22)19-5-7-20(8-6-19)12-14-3-2-4-15-12/h2-4H,5-8H2,1H3. The third-order valence-corrected chi connectivity index (χ3v) is 4.62. The molecule has 0 radical (unpaired) electrons. The maximum atomic E-state index is 12.6. The van der Waals surface area contributed by atoms with Gasteiger partial charge in [0, 0.05) is 38.6 Å². The topological polar surface area (TPSA) is 92.4 Å². The normalized spacial score (nSPS) is 15.3. The average molecular weight is 330 g/mol.